The minimum Gasteiger partial charge on any atom is -0.465 e. The Bertz CT molecular complexity index is 1550. The smallest absolute Gasteiger partial charge is 0.416 e. The van der Waals surface area contributed by atoms with Crippen molar-refractivity contribution < 1.29 is 37.0 Å². The molecule has 1 saturated carbocycles. The Hall–Kier alpha value is -4.32. The monoisotopic (exact) mass is 596 g/mol. The molecule has 9 nitrogen and oxygen atoms in total. The number of alkyl halides is 3. The zero-order valence-electron chi connectivity index (χ0n) is 23.4. The first-order chi connectivity index (χ1) is 20.6. The lowest BCUT2D eigenvalue weighted by molar-refractivity contribution is -0.137. The van der Waals surface area contributed by atoms with Crippen LogP contribution >= 0.6 is 0 Å². The number of rotatable bonds is 8. The molecule has 1 aromatic heterocycles. The summed E-state index contributed by atoms with van der Waals surface area (Å²) in [5, 5.41) is 6.24. The van der Waals surface area contributed by atoms with E-state index in [-0.39, 0.29) is 6.54 Å². The van der Waals surface area contributed by atoms with Crippen LogP contribution in [0.1, 0.15) is 56.1 Å². The van der Waals surface area contributed by atoms with Crippen LogP contribution in [-0.4, -0.2) is 59.8 Å². The van der Waals surface area contributed by atoms with Gasteiger partial charge in [-0.25, -0.2) is 9.59 Å². The van der Waals surface area contributed by atoms with Gasteiger partial charge in [0.05, 0.1) is 36.4 Å². The Morgan fingerprint density at radius 3 is 2.60 bits per heavy atom. The Labute approximate surface area is 245 Å². The van der Waals surface area contributed by atoms with Gasteiger partial charge in [-0.2, -0.15) is 13.2 Å². The molecule has 2 fully saturated rings. The molecule has 1 saturated heterocycles. The van der Waals surface area contributed by atoms with Gasteiger partial charge in [-0.05, 0) is 48.6 Å². The fourth-order valence-corrected chi connectivity index (χ4v) is 6.15. The van der Waals surface area contributed by atoms with Gasteiger partial charge in [0, 0.05) is 25.3 Å². The maximum atomic E-state index is 13.8. The van der Waals surface area contributed by atoms with E-state index < -0.39 is 47.4 Å². The second-order valence-electron chi connectivity index (χ2n) is 11.1. The number of nitrogens with one attached hydrogen (secondary N) is 2. The van der Waals surface area contributed by atoms with Crippen LogP contribution in [-0.2, 0) is 40.7 Å². The second kappa shape index (κ2) is 11.1. The first kappa shape index (κ1) is 28.8. The highest BCUT2D eigenvalue weighted by Gasteiger charge is 2.56. The van der Waals surface area contributed by atoms with E-state index in [1.165, 1.54) is 24.1 Å². The number of esters is 1. The average molecular weight is 597 g/mol. The highest BCUT2D eigenvalue weighted by Crippen LogP contribution is 2.53. The van der Waals surface area contributed by atoms with E-state index in [2.05, 4.69) is 10.6 Å². The van der Waals surface area contributed by atoms with Gasteiger partial charge in [0.15, 0.2) is 0 Å². The topological polar surface area (TPSA) is 102 Å². The van der Waals surface area contributed by atoms with Crippen LogP contribution in [0.2, 0.25) is 0 Å². The van der Waals surface area contributed by atoms with Gasteiger partial charge in [-0.3, -0.25) is 9.69 Å². The van der Waals surface area contributed by atoms with Crippen molar-refractivity contribution >= 4 is 18.0 Å². The standard InChI is InChI=1S/C31H31F3N4O5/c1-42-28(40)22-16-24(37-13-12-35-17-25(22)37)27(39)36-23(14-19-6-3-2-4-7-19)26-18-38(29(41)43-26)30(10-11-30)20-8-5-9-21(15-20)31(32,33)34/h2-9,15-16,23,26,35H,10-14,17-18H2,1H3,(H,36,39)/t23-,26?/m0/s1. The van der Waals surface area contributed by atoms with E-state index in [4.69, 9.17) is 9.47 Å². The number of cyclic esters (lactones) is 1. The zero-order valence-corrected chi connectivity index (χ0v) is 23.4. The molecule has 0 spiro atoms. The Kier molecular flexibility index (Phi) is 7.41. The summed E-state index contributed by atoms with van der Waals surface area (Å²) in [5.41, 5.74) is 0.890. The van der Waals surface area contributed by atoms with E-state index in [9.17, 15) is 27.6 Å². The summed E-state index contributed by atoms with van der Waals surface area (Å²) >= 11 is 0. The second-order valence-corrected chi connectivity index (χ2v) is 11.1. The predicted octanol–water partition coefficient (Wildman–Crippen LogP) is 4.25. The van der Waals surface area contributed by atoms with E-state index >= 15 is 0 Å². The third-order valence-corrected chi connectivity index (χ3v) is 8.52. The van der Waals surface area contributed by atoms with Crippen molar-refractivity contribution in [1.29, 1.82) is 0 Å². The van der Waals surface area contributed by atoms with Crippen molar-refractivity contribution in [2.24, 2.45) is 0 Å². The summed E-state index contributed by atoms with van der Waals surface area (Å²) < 4.78 is 52.9. The van der Waals surface area contributed by atoms with Crippen molar-refractivity contribution in [2.75, 3.05) is 20.2 Å². The summed E-state index contributed by atoms with van der Waals surface area (Å²) in [6, 6.07) is 15.3. The lowest BCUT2D eigenvalue weighted by Crippen LogP contribution is -2.48. The summed E-state index contributed by atoms with van der Waals surface area (Å²) in [6.45, 7) is 1.58. The van der Waals surface area contributed by atoms with Gasteiger partial charge in [0.1, 0.15) is 11.8 Å². The molecule has 2 N–H and O–H groups in total. The quantitative estimate of drug-likeness (QED) is 0.377. The highest BCUT2D eigenvalue weighted by atomic mass is 19.4. The number of carbonyl (C=O) groups is 3. The molecule has 2 atom stereocenters. The normalized spacial score (nSPS) is 19.8. The molecule has 2 aliphatic heterocycles. The van der Waals surface area contributed by atoms with E-state index in [0.717, 1.165) is 17.7 Å². The van der Waals surface area contributed by atoms with Crippen LogP contribution in [0.3, 0.4) is 0 Å². The molecule has 0 bridgehead atoms. The van der Waals surface area contributed by atoms with E-state index in [1.54, 1.807) is 10.6 Å². The van der Waals surface area contributed by atoms with Gasteiger partial charge in [-0.1, -0.05) is 42.5 Å². The van der Waals surface area contributed by atoms with Crippen molar-refractivity contribution in [3.8, 4) is 0 Å². The third-order valence-electron chi connectivity index (χ3n) is 8.52. The van der Waals surface area contributed by atoms with Gasteiger partial charge in [0.25, 0.3) is 5.91 Å². The number of ether oxygens (including phenoxy) is 2. The summed E-state index contributed by atoms with van der Waals surface area (Å²) in [6.07, 6.45) is -4.55. The highest BCUT2D eigenvalue weighted by molar-refractivity contribution is 5.98. The minimum atomic E-state index is -4.51. The maximum Gasteiger partial charge on any atom is 0.416 e. The number of hydrogen-bond donors (Lipinski definition) is 2. The van der Waals surface area contributed by atoms with Gasteiger partial charge >= 0.3 is 18.2 Å². The first-order valence-corrected chi connectivity index (χ1v) is 14.1. The molecule has 1 aliphatic carbocycles. The summed E-state index contributed by atoms with van der Waals surface area (Å²) in [7, 11) is 1.28. The van der Waals surface area contributed by atoms with E-state index in [0.29, 0.717) is 61.4 Å². The van der Waals surface area contributed by atoms with Crippen molar-refractivity contribution in [3.63, 3.8) is 0 Å². The minimum absolute atomic E-state index is 0.0937. The first-order valence-electron chi connectivity index (χ1n) is 14.1. The molecule has 6 rings (SSSR count). The van der Waals surface area contributed by atoms with Crippen molar-refractivity contribution in [1.82, 2.24) is 20.1 Å². The molecular formula is C31H31F3N4O5. The molecule has 2 amide bonds. The fourth-order valence-electron chi connectivity index (χ4n) is 6.15. The molecule has 3 heterocycles. The maximum absolute atomic E-state index is 13.8. The van der Waals surface area contributed by atoms with Crippen molar-refractivity contribution in [3.05, 3.63) is 94.3 Å². The van der Waals surface area contributed by atoms with Crippen LogP contribution in [0, 0.1) is 0 Å². The number of amides is 2. The molecular weight excluding hydrogens is 565 g/mol. The predicted molar refractivity (Wildman–Crippen MR) is 148 cm³/mol. The molecule has 3 aliphatic rings. The number of fused-ring (bicyclic) bond motifs is 1. The molecule has 12 heteroatoms. The third kappa shape index (κ3) is 5.47. The molecule has 3 aromatic rings. The van der Waals surface area contributed by atoms with Crippen LogP contribution in [0.15, 0.2) is 60.7 Å². The SMILES string of the molecule is COC(=O)c1cc(C(=O)N[C@@H](Cc2ccccc2)C2CN(C3(c4cccc(C(F)(F)F)c4)CC3)C(=O)O2)n2c1CNCC2. The lowest BCUT2D eigenvalue weighted by Gasteiger charge is -2.28. The number of halogens is 3. The summed E-state index contributed by atoms with van der Waals surface area (Å²) in [4.78, 5) is 40.9. The van der Waals surface area contributed by atoms with Crippen LogP contribution < -0.4 is 10.6 Å². The number of hydrogen-bond acceptors (Lipinski definition) is 6. The van der Waals surface area contributed by atoms with Crippen molar-refractivity contribution in [2.45, 2.75) is 56.2 Å². The molecule has 2 aromatic carbocycles. The van der Waals surface area contributed by atoms with Crippen LogP contribution in [0.4, 0.5) is 18.0 Å². The molecule has 226 valence electrons. The zero-order chi connectivity index (χ0) is 30.4. The van der Waals surface area contributed by atoms with Gasteiger partial charge < -0.3 is 24.7 Å². The molecule has 1 unspecified atom stereocenters. The van der Waals surface area contributed by atoms with Crippen LogP contribution in [0.5, 0.6) is 0 Å². The largest absolute Gasteiger partial charge is 0.465 e. The lowest BCUT2D eigenvalue weighted by atomic mass is 9.98. The Morgan fingerprint density at radius 2 is 1.91 bits per heavy atom. The number of methoxy groups -OCH3 is 1. The van der Waals surface area contributed by atoms with Gasteiger partial charge in [0.2, 0.25) is 0 Å². The van der Waals surface area contributed by atoms with E-state index in [1.807, 2.05) is 30.3 Å². The fraction of sp³-hybridized carbons (Fsp3) is 0.387. The molecule has 0 radical (unpaired) electrons. The molecule has 43 heavy (non-hydrogen) atoms. The summed E-state index contributed by atoms with van der Waals surface area (Å²) in [5.74, 6) is -0.982. The number of carbonyl (C=O) groups excluding carboxylic acids is 3. The number of benzene rings is 2. The number of aromatic nitrogens is 1. The Morgan fingerprint density at radius 1 is 1.14 bits per heavy atom. The number of nitrogens with zero attached hydrogens (tertiary/aromatic N) is 2. The average Bonchev–Trinajstić information content (AvgIpc) is 3.57. The van der Waals surface area contributed by atoms with Gasteiger partial charge in [-0.15, -0.1) is 0 Å². The Balaban J connectivity index is 1.28. The van der Waals surface area contributed by atoms with Crippen LogP contribution in [0.25, 0.3) is 0 Å².